The SMILES string of the molecule is Cc1cccc(OC2CCNC(C(=O)O)C2)c1. The maximum absolute atomic E-state index is 10.9. The number of carbonyl (C=O) groups is 1. The van der Waals surface area contributed by atoms with Crippen LogP contribution in [0.15, 0.2) is 24.3 Å². The van der Waals surface area contributed by atoms with E-state index in [0.29, 0.717) is 13.0 Å². The molecule has 0 radical (unpaired) electrons. The standard InChI is InChI=1S/C13H17NO3/c1-9-3-2-4-10(7-9)17-11-5-6-14-12(8-11)13(15)16/h2-4,7,11-12,14H,5-6,8H2,1H3,(H,15,16). The molecule has 0 saturated carbocycles. The van der Waals surface area contributed by atoms with Crippen LogP contribution in [0.1, 0.15) is 18.4 Å². The molecule has 1 heterocycles. The molecule has 1 saturated heterocycles. The van der Waals surface area contributed by atoms with Gasteiger partial charge in [-0.2, -0.15) is 0 Å². The number of aliphatic carboxylic acids is 1. The Kier molecular flexibility index (Phi) is 3.64. The van der Waals surface area contributed by atoms with Crippen LogP contribution in [0, 0.1) is 6.92 Å². The summed E-state index contributed by atoms with van der Waals surface area (Å²) in [5.74, 6) is 0.0172. The molecule has 92 valence electrons. The maximum atomic E-state index is 10.9. The van der Waals surface area contributed by atoms with Crippen molar-refractivity contribution in [2.24, 2.45) is 0 Å². The Balaban J connectivity index is 1.97. The molecule has 4 nitrogen and oxygen atoms in total. The molecule has 0 spiro atoms. The van der Waals surface area contributed by atoms with Gasteiger partial charge in [0.05, 0.1) is 0 Å². The first-order chi connectivity index (χ1) is 8.15. The van der Waals surface area contributed by atoms with Crippen molar-refractivity contribution in [1.29, 1.82) is 0 Å². The van der Waals surface area contributed by atoms with Crippen LogP contribution in [0.5, 0.6) is 5.75 Å². The first kappa shape index (κ1) is 11.9. The van der Waals surface area contributed by atoms with Gasteiger partial charge < -0.3 is 15.2 Å². The number of carboxylic acids is 1. The topological polar surface area (TPSA) is 58.6 Å². The van der Waals surface area contributed by atoms with Crippen molar-refractivity contribution in [2.45, 2.75) is 31.9 Å². The van der Waals surface area contributed by atoms with Crippen LogP contribution >= 0.6 is 0 Å². The lowest BCUT2D eigenvalue weighted by Crippen LogP contribution is -2.46. The second-order valence-electron chi connectivity index (χ2n) is 4.43. The highest BCUT2D eigenvalue weighted by Gasteiger charge is 2.27. The number of aryl methyl sites for hydroxylation is 1. The van der Waals surface area contributed by atoms with Crippen LogP contribution in [0.2, 0.25) is 0 Å². The second-order valence-corrected chi connectivity index (χ2v) is 4.43. The maximum Gasteiger partial charge on any atom is 0.320 e. The Morgan fingerprint density at radius 3 is 3.06 bits per heavy atom. The molecule has 17 heavy (non-hydrogen) atoms. The van der Waals surface area contributed by atoms with Gasteiger partial charge in [0.1, 0.15) is 17.9 Å². The van der Waals surface area contributed by atoms with E-state index in [4.69, 9.17) is 9.84 Å². The van der Waals surface area contributed by atoms with Gasteiger partial charge in [0.2, 0.25) is 0 Å². The predicted molar refractivity (Wildman–Crippen MR) is 64.3 cm³/mol. The van der Waals surface area contributed by atoms with E-state index >= 15 is 0 Å². The minimum atomic E-state index is -0.803. The molecule has 0 aliphatic carbocycles. The van der Waals surface area contributed by atoms with E-state index in [9.17, 15) is 4.79 Å². The largest absolute Gasteiger partial charge is 0.490 e. The Morgan fingerprint density at radius 1 is 1.53 bits per heavy atom. The highest BCUT2D eigenvalue weighted by atomic mass is 16.5. The Labute approximate surface area is 101 Å². The molecule has 0 bridgehead atoms. The lowest BCUT2D eigenvalue weighted by Gasteiger charge is -2.28. The third-order valence-corrected chi connectivity index (χ3v) is 2.95. The Hall–Kier alpha value is -1.55. The van der Waals surface area contributed by atoms with Gasteiger partial charge in [-0.15, -0.1) is 0 Å². The molecule has 1 aromatic carbocycles. The van der Waals surface area contributed by atoms with E-state index in [-0.39, 0.29) is 6.10 Å². The summed E-state index contributed by atoms with van der Waals surface area (Å²) < 4.78 is 5.81. The molecule has 1 aliphatic rings. The van der Waals surface area contributed by atoms with Crippen molar-refractivity contribution in [3.63, 3.8) is 0 Å². The smallest absolute Gasteiger partial charge is 0.320 e. The van der Waals surface area contributed by atoms with Crippen LogP contribution in [-0.4, -0.2) is 29.8 Å². The van der Waals surface area contributed by atoms with Crippen molar-refractivity contribution in [1.82, 2.24) is 5.32 Å². The van der Waals surface area contributed by atoms with Gasteiger partial charge in [0, 0.05) is 6.42 Å². The average Bonchev–Trinajstić information content (AvgIpc) is 2.29. The second kappa shape index (κ2) is 5.19. The molecule has 2 rings (SSSR count). The molecule has 1 fully saturated rings. The van der Waals surface area contributed by atoms with E-state index < -0.39 is 12.0 Å². The summed E-state index contributed by atoms with van der Waals surface area (Å²) >= 11 is 0. The number of benzene rings is 1. The van der Waals surface area contributed by atoms with Crippen molar-refractivity contribution in [3.05, 3.63) is 29.8 Å². The Bertz CT molecular complexity index is 405. The highest BCUT2D eigenvalue weighted by molar-refractivity contribution is 5.73. The Morgan fingerprint density at radius 2 is 2.35 bits per heavy atom. The molecular formula is C13H17NO3. The fraction of sp³-hybridized carbons (Fsp3) is 0.462. The molecule has 4 heteroatoms. The van der Waals surface area contributed by atoms with E-state index in [1.54, 1.807) is 0 Å². The summed E-state index contributed by atoms with van der Waals surface area (Å²) in [5, 5.41) is 11.9. The van der Waals surface area contributed by atoms with Crippen LogP contribution < -0.4 is 10.1 Å². The highest BCUT2D eigenvalue weighted by Crippen LogP contribution is 2.19. The number of hydrogen-bond acceptors (Lipinski definition) is 3. The number of hydrogen-bond donors (Lipinski definition) is 2. The lowest BCUT2D eigenvalue weighted by molar-refractivity contribution is -0.140. The van der Waals surface area contributed by atoms with Crippen molar-refractivity contribution in [2.75, 3.05) is 6.54 Å². The summed E-state index contributed by atoms with van der Waals surface area (Å²) in [5.41, 5.74) is 1.14. The van der Waals surface area contributed by atoms with Crippen LogP contribution in [0.25, 0.3) is 0 Å². The van der Waals surface area contributed by atoms with E-state index in [2.05, 4.69) is 5.32 Å². The molecule has 1 aliphatic heterocycles. The lowest BCUT2D eigenvalue weighted by atomic mass is 10.0. The predicted octanol–water partition coefficient (Wildman–Crippen LogP) is 1.58. The summed E-state index contributed by atoms with van der Waals surface area (Å²) in [6.07, 6.45) is 1.35. The van der Waals surface area contributed by atoms with Gasteiger partial charge in [-0.1, -0.05) is 12.1 Å². The fourth-order valence-corrected chi connectivity index (χ4v) is 2.06. The number of piperidine rings is 1. The third kappa shape index (κ3) is 3.20. The first-order valence-electron chi connectivity index (χ1n) is 5.84. The summed E-state index contributed by atoms with van der Waals surface area (Å²) in [6.45, 7) is 2.70. The van der Waals surface area contributed by atoms with Crippen LogP contribution in [0.3, 0.4) is 0 Å². The first-order valence-corrected chi connectivity index (χ1v) is 5.84. The van der Waals surface area contributed by atoms with Gasteiger partial charge in [0.25, 0.3) is 0 Å². The van der Waals surface area contributed by atoms with Gasteiger partial charge in [0.15, 0.2) is 0 Å². The van der Waals surface area contributed by atoms with Crippen molar-refractivity contribution in [3.8, 4) is 5.75 Å². The van der Waals surface area contributed by atoms with E-state index in [1.165, 1.54) is 0 Å². The molecule has 2 atom stereocenters. The van der Waals surface area contributed by atoms with Crippen LogP contribution in [0.4, 0.5) is 0 Å². The molecule has 1 aromatic rings. The number of nitrogens with one attached hydrogen (secondary N) is 1. The molecule has 2 unspecified atom stereocenters. The average molecular weight is 235 g/mol. The summed E-state index contributed by atoms with van der Waals surface area (Å²) in [6, 6.07) is 7.34. The van der Waals surface area contributed by atoms with Gasteiger partial charge in [-0.05, 0) is 37.6 Å². The molecule has 0 amide bonds. The zero-order valence-electron chi connectivity index (χ0n) is 9.85. The number of carboxylic acid groups (broad SMARTS) is 1. The number of ether oxygens (including phenoxy) is 1. The van der Waals surface area contributed by atoms with Crippen molar-refractivity contribution >= 4 is 5.97 Å². The van der Waals surface area contributed by atoms with E-state index in [1.807, 2.05) is 31.2 Å². The molecule has 0 aromatic heterocycles. The zero-order valence-corrected chi connectivity index (χ0v) is 9.85. The van der Waals surface area contributed by atoms with E-state index in [0.717, 1.165) is 17.7 Å². The van der Waals surface area contributed by atoms with Gasteiger partial charge >= 0.3 is 5.97 Å². The minimum Gasteiger partial charge on any atom is -0.490 e. The molecule has 2 N–H and O–H groups in total. The summed E-state index contributed by atoms with van der Waals surface area (Å²) in [4.78, 5) is 10.9. The monoisotopic (exact) mass is 235 g/mol. The molecular weight excluding hydrogens is 218 g/mol. The summed E-state index contributed by atoms with van der Waals surface area (Å²) in [7, 11) is 0. The number of rotatable bonds is 3. The van der Waals surface area contributed by atoms with Gasteiger partial charge in [-0.25, -0.2) is 0 Å². The van der Waals surface area contributed by atoms with Crippen molar-refractivity contribution < 1.29 is 14.6 Å². The normalized spacial score (nSPS) is 24.3. The van der Waals surface area contributed by atoms with Gasteiger partial charge in [-0.3, -0.25) is 4.79 Å². The minimum absolute atomic E-state index is 0.0147. The quantitative estimate of drug-likeness (QED) is 0.835. The zero-order chi connectivity index (χ0) is 12.3. The fourth-order valence-electron chi connectivity index (χ4n) is 2.06. The van der Waals surface area contributed by atoms with Crippen LogP contribution in [-0.2, 0) is 4.79 Å². The third-order valence-electron chi connectivity index (χ3n) is 2.95.